The van der Waals surface area contributed by atoms with Gasteiger partial charge in [0, 0.05) is 12.6 Å². The summed E-state index contributed by atoms with van der Waals surface area (Å²) in [6.07, 6.45) is 6.79. The van der Waals surface area contributed by atoms with Gasteiger partial charge in [-0.2, -0.15) is 0 Å². The van der Waals surface area contributed by atoms with Gasteiger partial charge in [0.2, 0.25) is 0 Å². The Morgan fingerprint density at radius 1 is 1.29 bits per heavy atom. The van der Waals surface area contributed by atoms with E-state index in [4.69, 9.17) is 0 Å². The maximum atomic E-state index is 4.36. The van der Waals surface area contributed by atoms with Crippen LogP contribution in [0.25, 0.3) is 5.65 Å². The van der Waals surface area contributed by atoms with E-state index in [1.54, 1.807) is 0 Å². The number of aromatic nitrogens is 5. The van der Waals surface area contributed by atoms with E-state index in [2.05, 4.69) is 44.9 Å². The molecule has 7 heteroatoms. The van der Waals surface area contributed by atoms with Gasteiger partial charge in [-0.1, -0.05) is 19.3 Å². The molecule has 1 saturated carbocycles. The molecule has 1 fully saturated rings. The molecule has 114 valence electrons. The molecule has 1 aliphatic carbocycles. The van der Waals surface area contributed by atoms with Crippen LogP contribution >= 0.6 is 0 Å². The molecule has 2 aromatic rings. The summed E-state index contributed by atoms with van der Waals surface area (Å²) in [5, 5.41) is 19.1. The SMILES string of the molecule is CN(C)[C@@H](CNc1ccc2nnnn2n1)C1CCCCC1. The monoisotopic (exact) mass is 289 g/mol. The number of nitrogens with zero attached hydrogens (tertiary/aromatic N) is 6. The van der Waals surface area contributed by atoms with Gasteiger partial charge < -0.3 is 10.2 Å². The lowest BCUT2D eigenvalue weighted by Gasteiger charge is -2.35. The van der Waals surface area contributed by atoms with Gasteiger partial charge in [0.25, 0.3) is 0 Å². The molecule has 1 atom stereocenters. The molecular weight excluding hydrogens is 266 g/mol. The Morgan fingerprint density at radius 2 is 2.10 bits per heavy atom. The van der Waals surface area contributed by atoms with Crippen LogP contribution in [-0.4, -0.2) is 56.8 Å². The maximum absolute atomic E-state index is 4.36. The first-order valence-electron chi connectivity index (χ1n) is 7.70. The highest BCUT2D eigenvalue weighted by atomic mass is 15.6. The van der Waals surface area contributed by atoms with E-state index >= 15 is 0 Å². The molecule has 2 aromatic heterocycles. The van der Waals surface area contributed by atoms with Crippen LogP contribution in [0.2, 0.25) is 0 Å². The average molecular weight is 289 g/mol. The number of hydrogen-bond donors (Lipinski definition) is 1. The van der Waals surface area contributed by atoms with E-state index in [1.165, 1.54) is 36.7 Å². The third-order valence-electron chi connectivity index (χ3n) is 4.42. The van der Waals surface area contributed by atoms with Gasteiger partial charge in [0.05, 0.1) is 0 Å². The van der Waals surface area contributed by atoms with E-state index in [9.17, 15) is 0 Å². The molecule has 0 unspecified atom stereocenters. The Hall–Kier alpha value is -1.76. The number of hydrogen-bond acceptors (Lipinski definition) is 6. The number of likely N-dealkylation sites (N-methyl/N-ethyl adjacent to an activating group) is 1. The Labute approximate surface area is 124 Å². The second-order valence-electron chi connectivity index (χ2n) is 6.06. The lowest BCUT2D eigenvalue weighted by molar-refractivity contribution is 0.179. The molecule has 0 spiro atoms. The highest BCUT2D eigenvalue weighted by Crippen LogP contribution is 2.28. The minimum absolute atomic E-state index is 0.539. The first-order valence-corrected chi connectivity index (χ1v) is 7.70. The predicted octanol–water partition coefficient (Wildman–Crippen LogP) is 1.44. The van der Waals surface area contributed by atoms with Crippen molar-refractivity contribution in [1.29, 1.82) is 0 Å². The molecule has 0 radical (unpaired) electrons. The lowest BCUT2D eigenvalue weighted by atomic mass is 9.83. The number of fused-ring (bicyclic) bond motifs is 1. The van der Waals surface area contributed by atoms with Crippen LogP contribution in [0.3, 0.4) is 0 Å². The lowest BCUT2D eigenvalue weighted by Crippen LogP contribution is -2.41. The summed E-state index contributed by atoms with van der Waals surface area (Å²) in [6, 6.07) is 4.34. The molecule has 0 aromatic carbocycles. The highest BCUT2D eigenvalue weighted by Gasteiger charge is 2.25. The van der Waals surface area contributed by atoms with E-state index in [0.29, 0.717) is 11.7 Å². The maximum Gasteiger partial charge on any atom is 0.200 e. The van der Waals surface area contributed by atoms with Crippen LogP contribution in [0.5, 0.6) is 0 Å². The molecule has 3 rings (SSSR count). The van der Waals surface area contributed by atoms with Crippen LogP contribution in [0.1, 0.15) is 32.1 Å². The Balaban J connectivity index is 1.65. The van der Waals surface area contributed by atoms with Gasteiger partial charge in [-0.05, 0) is 55.4 Å². The summed E-state index contributed by atoms with van der Waals surface area (Å²) in [5.74, 6) is 1.59. The van der Waals surface area contributed by atoms with Crippen molar-refractivity contribution < 1.29 is 0 Å². The van der Waals surface area contributed by atoms with E-state index < -0.39 is 0 Å². The Bertz CT molecular complexity index is 573. The Kier molecular flexibility index (Phi) is 4.28. The minimum atomic E-state index is 0.539. The summed E-state index contributed by atoms with van der Waals surface area (Å²) in [7, 11) is 4.33. The average Bonchev–Trinajstić information content (AvgIpc) is 2.96. The number of nitrogens with one attached hydrogen (secondary N) is 1. The van der Waals surface area contributed by atoms with Crippen molar-refractivity contribution in [2.75, 3.05) is 26.0 Å². The summed E-state index contributed by atoms with van der Waals surface area (Å²) >= 11 is 0. The number of rotatable bonds is 5. The van der Waals surface area contributed by atoms with Crippen LogP contribution in [-0.2, 0) is 0 Å². The fourth-order valence-corrected chi connectivity index (χ4v) is 3.24. The van der Waals surface area contributed by atoms with Crippen molar-refractivity contribution in [2.45, 2.75) is 38.1 Å². The molecule has 0 amide bonds. The van der Waals surface area contributed by atoms with Crippen molar-refractivity contribution in [3.05, 3.63) is 12.1 Å². The fourth-order valence-electron chi connectivity index (χ4n) is 3.24. The minimum Gasteiger partial charge on any atom is -0.367 e. The second-order valence-corrected chi connectivity index (χ2v) is 6.06. The standard InChI is InChI=1S/C14H23N7/c1-20(2)12(11-6-4-3-5-7-11)10-15-13-8-9-14-16-18-19-21(14)17-13/h8-9,11-12H,3-7,10H2,1-2H3,(H,15,17)/t12-/m0/s1. The zero-order valence-corrected chi connectivity index (χ0v) is 12.7. The predicted molar refractivity (Wildman–Crippen MR) is 81.1 cm³/mol. The smallest absolute Gasteiger partial charge is 0.200 e. The van der Waals surface area contributed by atoms with Crippen LogP contribution in [0, 0.1) is 5.92 Å². The molecule has 1 N–H and O–H groups in total. The number of anilines is 1. The van der Waals surface area contributed by atoms with Crippen LogP contribution in [0.4, 0.5) is 5.82 Å². The fraction of sp³-hybridized carbons (Fsp3) is 0.714. The zero-order valence-electron chi connectivity index (χ0n) is 12.7. The number of tetrazole rings is 1. The largest absolute Gasteiger partial charge is 0.367 e. The summed E-state index contributed by atoms with van der Waals surface area (Å²) in [6.45, 7) is 0.901. The van der Waals surface area contributed by atoms with Crippen molar-refractivity contribution in [1.82, 2.24) is 30.2 Å². The molecule has 21 heavy (non-hydrogen) atoms. The van der Waals surface area contributed by atoms with Gasteiger partial charge in [-0.15, -0.1) is 14.8 Å². The van der Waals surface area contributed by atoms with Crippen molar-refractivity contribution in [3.63, 3.8) is 0 Å². The summed E-state index contributed by atoms with van der Waals surface area (Å²) in [5.41, 5.74) is 0.664. The first-order chi connectivity index (χ1) is 10.2. The van der Waals surface area contributed by atoms with Gasteiger partial charge in [-0.25, -0.2) is 0 Å². The molecule has 0 aliphatic heterocycles. The summed E-state index contributed by atoms with van der Waals surface area (Å²) < 4.78 is 1.45. The molecule has 0 saturated heterocycles. The topological polar surface area (TPSA) is 71.2 Å². The second kappa shape index (κ2) is 6.34. The van der Waals surface area contributed by atoms with Crippen molar-refractivity contribution >= 4 is 11.5 Å². The van der Waals surface area contributed by atoms with Gasteiger partial charge >= 0.3 is 0 Å². The van der Waals surface area contributed by atoms with E-state index in [1.807, 2.05) is 12.1 Å². The van der Waals surface area contributed by atoms with E-state index in [-0.39, 0.29) is 0 Å². The third-order valence-corrected chi connectivity index (χ3v) is 4.42. The quantitative estimate of drug-likeness (QED) is 0.898. The molecule has 1 aliphatic rings. The van der Waals surface area contributed by atoms with Crippen LogP contribution in [0.15, 0.2) is 12.1 Å². The normalized spacial score (nSPS) is 18.2. The highest BCUT2D eigenvalue weighted by molar-refractivity contribution is 5.42. The molecule has 7 nitrogen and oxygen atoms in total. The van der Waals surface area contributed by atoms with Gasteiger partial charge in [0.15, 0.2) is 5.65 Å². The third kappa shape index (κ3) is 3.29. The van der Waals surface area contributed by atoms with Crippen molar-refractivity contribution in [3.8, 4) is 0 Å². The van der Waals surface area contributed by atoms with Crippen molar-refractivity contribution in [2.24, 2.45) is 5.92 Å². The molecule has 2 heterocycles. The van der Waals surface area contributed by atoms with Gasteiger partial charge in [0.1, 0.15) is 5.82 Å². The van der Waals surface area contributed by atoms with Crippen LogP contribution < -0.4 is 5.32 Å². The zero-order chi connectivity index (χ0) is 14.7. The summed E-state index contributed by atoms with van der Waals surface area (Å²) in [4.78, 5) is 2.33. The first kappa shape index (κ1) is 14.2. The molecule has 0 bridgehead atoms. The van der Waals surface area contributed by atoms with Gasteiger partial charge in [-0.3, -0.25) is 0 Å². The Morgan fingerprint density at radius 3 is 2.86 bits per heavy atom. The molecular formula is C14H23N7. The van der Waals surface area contributed by atoms with E-state index in [0.717, 1.165) is 18.3 Å².